The molecular weight excluding hydrogens is 352 g/mol. The molecule has 7 nitrogen and oxygen atoms in total. The van der Waals surface area contributed by atoms with Gasteiger partial charge >= 0.3 is 0 Å². The topological polar surface area (TPSA) is 92.3 Å². The molecule has 4 aliphatic rings. The van der Waals surface area contributed by atoms with Crippen molar-refractivity contribution in [2.24, 2.45) is 23.7 Å². The smallest absolute Gasteiger partial charge is 0.249 e. The van der Waals surface area contributed by atoms with Crippen molar-refractivity contribution in [3.8, 4) is 0 Å². The number of aryl methyl sites for hydroxylation is 1. The zero-order valence-corrected chi connectivity index (χ0v) is 15.7. The summed E-state index contributed by atoms with van der Waals surface area (Å²) in [6.07, 6.45) is 7.18. The predicted octanol–water partition coefficient (Wildman–Crippen LogP) is 2.01. The number of anilines is 1. The summed E-state index contributed by atoms with van der Waals surface area (Å²) in [6.45, 7) is 3.78. The molecule has 0 spiro atoms. The van der Waals surface area contributed by atoms with Crippen LogP contribution in [0.25, 0.3) is 0 Å². The number of aromatic nitrogens is 2. The Bertz CT molecular complexity index is 757. The normalized spacial score (nSPS) is 30.6. The third kappa shape index (κ3) is 2.58. The molecule has 5 rings (SSSR count). The van der Waals surface area contributed by atoms with Crippen LogP contribution in [0, 0.1) is 23.7 Å². The highest BCUT2D eigenvalue weighted by molar-refractivity contribution is 7.15. The lowest BCUT2D eigenvalue weighted by Crippen LogP contribution is -2.47. The number of fused-ring (bicyclic) bond motifs is 1. The van der Waals surface area contributed by atoms with Crippen LogP contribution >= 0.6 is 11.3 Å². The zero-order chi connectivity index (χ0) is 18.4. The number of imide groups is 1. The summed E-state index contributed by atoms with van der Waals surface area (Å²) in [5.41, 5.74) is 0. The van der Waals surface area contributed by atoms with Gasteiger partial charge in [-0.15, -0.1) is 10.2 Å². The monoisotopic (exact) mass is 374 g/mol. The third-order valence-corrected chi connectivity index (χ3v) is 6.78. The SMILES string of the molecule is CCc1nnc(NC(=O)[C@@H](CC)N2C(=O)[C@@H]3[C@H](C2=O)[C@H]2C=C[C@H]3CC2)s1. The van der Waals surface area contributed by atoms with Crippen molar-refractivity contribution >= 4 is 34.2 Å². The van der Waals surface area contributed by atoms with E-state index < -0.39 is 6.04 Å². The summed E-state index contributed by atoms with van der Waals surface area (Å²) in [5.74, 6) is -1.07. The van der Waals surface area contributed by atoms with Crippen LogP contribution in [-0.4, -0.2) is 38.9 Å². The lowest BCUT2D eigenvalue weighted by atomic mass is 9.63. The van der Waals surface area contributed by atoms with Gasteiger partial charge < -0.3 is 0 Å². The van der Waals surface area contributed by atoms with Crippen LogP contribution in [0.1, 0.15) is 38.1 Å². The standard InChI is InChI=1S/C18H22N4O3S/c1-3-11(15(23)19-18-21-20-12(4-2)26-18)22-16(24)13-9-5-6-10(8-7-9)14(13)17(22)25/h5-6,9-11,13-14H,3-4,7-8H2,1-2H3,(H,19,21,23)/t9-,10-,11+,13-,14+/m0/s1. The fourth-order valence-electron chi connectivity index (χ4n) is 4.53. The number of rotatable bonds is 5. The van der Waals surface area contributed by atoms with Gasteiger partial charge in [-0.3, -0.25) is 24.6 Å². The van der Waals surface area contributed by atoms with E-state index in [4.69, 9.17) is 0 Å². The van der Waals surface area contributed by atoms with Gasteiger partial charge in [-0.05, 0) is 37.5 Å². The van der Waals surface area contributed by atoms with Gasteiger partial charge in [-0.1, -0.05) is 37.3 Å². The molecule has 3 aliphatic carbocycles. The first-order chi connectivity index (χ1) is 12.5. The molecule has 1 aromatic rings. The summed E-state index contributed by atoms with van der Waals surface area (Å²) in [5, 5.41) is 11.9. The van der Waals surface area contributed by atoms with Crippen molar-refractivity contribution in [1.29, 1.82) is 0 Å². The first kappa shape index (κ1) is 17.3. The van der Waals surface area contributed by atoms with Crippen LogP contribution in [0.15, 0.2) is 12.2 Å². The van der Waals surface area contributed by atoms with E-state index in [1.807, 2.05) is 13.8 Å². The van der Waals surface area contributed by atoms with Gasteiger partial charge in [0.05, 0.1) is 11.8 Å². The lowest BCUT2D eigenvalue weighted by Gasteiger charge is -2.38. The Hall–Kier alpha value is -2.09. The van der Waals surface area contributed by atoms with Crippen LogP contribution in [-0.2, 0) is 20.8 Å². The number of likely N-dealkylation sites (tertiary alicyclic amines) is 1. The molecule has 138 valence electrons. The summed E-state index contributed by atoms with van der Waals surface area (Å²) < 4.78 is 0. The second-order valence-corrected chi connectivity index (χ2v) is 8.22. The summed E-state index contributed by atoms with van der Waals surface area (Å²) in [4.78, 5) is 40.0. The van der Waals surface area contributed by atoms with E-state index in [9.17, 15) is 14.4 Å². The van der Waals surface area contributed by atoms with Crippen LogP contribution in [0.5, 0.6) is 0 Å². The Balaban J connectivity index is 1.55. The van der Waals surface area contributed by atoms with Crippen molar-refractivity contribution in [2.75, 3.05) is 5.32 Å². The number of carbonyl (C=O) groups is 3. The molecule has 1 aromatic heterocycles. The first-order valence-electron chi connectivity index (χ1n) is 9.23. The van der Waals surface area contributed by atoms with Crippen molar-refractivity contribution in [1.82, 2.24) is 15.1 Å². The van der Waals surface area contributed by atoms with Gasteiger partial charge in [0.1, 0.15) is 11.0 Å². The Morgan fingerprint density at radius 1 is 1.19 bits per heavy atom. The number of allylic oxidation sites excluding steroid dienone is 2. The molecule has 1 saturated carbocycles. The molecule has 2 bridgehead atoms. The van der Waals surface area contributed by atoms with Gasteiger partial charge in [0, 0.05) is 0 Å². The maximum absolute atomic E-state index is 13.0. The van der Waals surface area contributed by atoms with Crippen molar-refractivity contribution in [3.05, 3.63) is 17.2 Å². The lowest BCUT2D eigenvalue weighted by molar-refractivity contribution is -0.146. The molecule has 26 heavy (non-hydrogen) atoms. The fourth-order valence-corrected chi connectivity index (χ4v) is 5.21. The Kier molecular flexibility index (Phi) is 4.38. The summed E-state index contributed by atoms with van der Waals surface area (Å²) in [6, 6.07) is -0.797. The van der Waals surface area contributed by atoms with Gasteiger partial charge in [-0.2, -0.15) is 0 Å². The number of nitrogens with one attached hydrogen (secondary N) is 1. The number of hydrogen-bond donors (Lipinski definition) is 1. The van der Waals surface area contributed by atoms with Gasteiger partial charge in [0.2, 0.25) is 22.9 Å². The highest BCUT2D eigenvalue weighted by Gasteiger charge is 2.58. The largest absolute Gasteiger partial charge is 0.299 e. The number of amides is 3. The molecule has 2 heterocycles. The predicted molar refractivity (Wildman–Crippen MR) is 96.2 cm³/mol. The van der Waals surface area contributed by atoms with Gasteiger partial charge in [0.15, 0.2) is 0 Å². The third-order valence-electron chi connectivity index (χ3n) is 5.79. The molecule has 0 unspecified atom stereocenters. The van der Waals surface area contributed by atoms with Crippen LogP contribution in [0.2, 0.25) is 0 Å². The van der Waals surface area contributed by atoms with Gasteiger partial charge in [0.25, 0.3) is 0 Å². The Labute approximate surface area is 155 Å². The number of hydrogen-bond acceptors (Lipinski definition) is 6. The molecule has 3 amide bonds. The van der Waals surface area contributed by atoms with E-state index in [-0.39, 0.29) is 41.4 Å². The maximum Gasteiger partial charge on any atom is 0.249 e. The van der Waals surface area contributed by atoms with Crippen molar-refractivity contribution < 1.29 is 14.4 Å². The molecule has 0 radical (unpaired) electrons. The van der Waals surface area contributed by atoms with E-state index in [0.29, 0.717) is 11.6 Å². The molecule has 5 atom stereocenters. The van der Waals surface area contributed by atoms with E-state index in [1.165, 1.54) is 16.2 Å². The molecule has 1 aliphatic heterocycles. The van der Waals surface area contributed by atoms with Crippen LogP contribution in [0.4, 0.5) is 5.13 Å². The summed E-state index contributed by atoms with van der Waals surface area (Å²) >= 11 is 1.31. The minimum atomic E-state index is -0.797. The van der Waals surface area contributed by atoms with E-state index in [1.54, 1.807) is 0 Å². The first-order valence-corrected chi connectivity index (χ1v) is 10.0. The number of nitrogens with zero attached hydrogens (tertiary/aromatic N) is 3. The molecule has 8 heteroatoms. The second kappa shape index (κ2) is 6.57. The Morgan fingerprint density at radius 3 is 2.27 bits per heavy atom. The minimum absolute atomic E-state index is 0.127. The molecule has 0 aromatic carbocycles. The highest BCUT2D eigenvalue weighted by Crippen LogP contribution is 2.50. The average Bonchev–Trinajstić information content (AvgIpc) is 3.22. The average molecular weight is 374 g/mol. The maximum atomic E-state index is 13.0. The van der Waals surface area contributed by atoms with E-state index >= 15 is 0 Å². The summed E-state index contributed by atoms with van der Waals surface area (Å²) in [7, 11) is 0. The fraction of sp³-hybridized carbons (Fsp3) is 0.611. The molecule has 1 N–H and O–H groups in total. The molecule has 1 saturated heterocycles. The van der Waals surface area contributed by atoms with Crippen molar-refractivity contribution in [2.45, 2.75) is 45.6 Å². The second-order valence-electron chi connectivity index (χ2n) is 7.16. The van der Waals surface area contributed by atoms with Crippen LogP contribution < -0.4 is 5.32 Å². The molecular formula is C18H22N4O3S. The quantitative estimate of drug-likeness (QED) is 0.629. The minimum Gasteiger partial charge on any atom is -0.299 e. The van der Waals surface area contributed by atoms with E-state index in [0.717, 1.165) is 24.3 Å². The van der Waals surface area contributed by atoms with Crippen LogP contribution in [0.3, 0.4) is 0 Å². The van der Waals surface area contributed by atoms with Crippen molar-refractivity contribution in [3.63, 3.8) is 0 Å². The highest BCUT2D eigenvalue weighted by atomic mass is 32.1. The zero-order valence-electron chi connectivity index (χ0n) is 14.8. The molecule has 2 fully saturated rings. The van der Waals surface area contributed by atoms with Gasteiger partial charge in [-0.25, -0.2) is 0 Å². The van der Waals surface area contributed by atoms with E-state index in [2.05, 4.69) is 27.7 Å². The number of carbonyl (C=O) groups excluding carboxylic acids is 3. The Morgan fingerprint density at radius 2 is 1.81 bits per heavy atom.